The molecule has 10 aliphatic carbocycles. The molecule has 0 saturated heterocycles. The molecule has 30 rings (SSSR count). The predicted octanol–water partition coefficient (Wildman–Crippen LogP) is 29.4. The Balaban J connectivity index is 0.000000126. The lowest BCUT2D eigenvalue weighted by atomic mass is 9.43. The molecule has 8 bridgehead atoms. The van der Waals surface area contributed by atoms with Gasteiger partial charge in [0, 0.05) is 76.4 Å². The van der Waals surface area contributed by atoms with Crippen LogP contribution in [-0.2, 0) is 10.8 Å². The summed E-state index contributed by atoms with van der Waals surface area (Å²) in [5, 5.41) is 12.8. The number of hydrogen-bond acceptors (Lipinski definition) is 0. The van der Waals surface area contributed by atoms with Crippen molar-refractivity contribution in [3.8, 4) is 78.4 Å². The molecule has 562 valence electrons. The highest BCUT2D eigenvalue weighted by atomic mass is 15.0. The number of para-hydroxylation sites is 4. The molecule has 118 heavy (non-hydrogen) atoms. The van der Waals surface area contributed by atoms with Gasteiger partial charge < -0.3 is 18.3 Å². The zero-order valence-corrected chi connectivity index (χ0v) is 66.0. The maximum atomic E-state index is 2.64. The monoisotopic (exact) mass is 1510 g/mol. The van der Waals surface area contributed by atoms with Crippen LogP contribution in [0.4, 0.5) is 0 Å². The number of nitrogens with zero attached hydrogens (tertiary/aromatic N) is 4. The number of benzene rings is 16. The number of fused-ring (bicyclic) bond motifs is 19. The molecular formula is C114H86N4. The van der Waals surface area contributed by atoms with Crippen LogP contribution in [0.2, 0.25) is 0 Å². The third kappa shape index (κ3) is 9.16. The van der Waals surface area contributed by atoms with Crippen LogP contribution in [0.15, 0.2) is 352 Å². The minimum Gasteiger partial charge on any atom is -0.309 e. The Labute approximate surface area is 686 Å². The topological polar surface area (TPSA) is 19.7 Å². The van der Waals surface area contributed by atoms with Gasteiger partial charge in [-0.15, -0.1) is 0 Å². The molecule has 8 fully saturated rings. The van der Waals surface area contributed by atoms with Gasteiger partial charge in [-0.05, 0) is 310 Å². The van der Waals surface area contributed by atoms with E-state index >= 15 is 0 Å². The first-order valence-electron chi connectivity index (χ1n) is 43.7. The highest BCUT2D eigenvalue weighted by Crippen LogP contribution is 2.72. The lowest BCUT2D eigenvalue weighted by Crippen LogP contribution is -2.55. The normalized spacial score (nSPS) is 22.6. The molecule has 16 aromatic carbocycles. The van der Waals surface area contributed by atoms with Gasteiger partial charge in [-0.2, -0.15) is 0 Å². The van der Waals surface area contributed by atoms with E-state index in [4.69, 9.17) is 0 Å². The Bertz CT molecular complexity index is 7600. The molecule has 0 amide bonds. The van der Waals surface area contributed by atoms with Crippen molar-refractivity contribution < 1.29 is 0 Å². The van der Waals surface area contributed by atoms with E-state index in [-0.39, 0.29) is 10.8 Å². The van der Waals surface area contributed by atoms with Crippen molar-refractivity contribution in [3.05, 3.63) is 374 Å². The number of rotatable bonds is 7. The first-order chi connectivity index (χ1) is 58.4. The quantitative estimate of drug-likeness (QED) is 0.152. The van der Waals surface area contributed by atoms with E-state index in [1.807, 2.05) is 0 Å². The van der Waals surface area contributed by atoms with Crippen molar-refractivity contribution in [3.63, 3.8) is 0 Å². The van der Waals surface area contributed by atoms with Crippen LogP contribution in [0, 0.1) is 47.3 Å². The summed E-state index contributed by atoms with van der Waals surface area (Å²) in [6.45, 7) is 0. The Hall–Kier alpha value is -13.0. The molecule has 4 nitrogen and oxygen atoms in total. The van der Waals surface area contributed by atoms with Gasteiger partial charge in [0.25, 0.3) is 0 Å². The average molecular weight is 1510 g/mol. The van der Waals surface area contributed by atoms with Crippen LogP contribution < -0.4 is 0 Å². The van der Waals surface area contributed by atoms with Crippen LogP contribution >= 0.6 is 0 Å². The summed E-state index contributed by atoms with van der Waals surface area (Å²) in [5.74, 6) is 6.73. The molecule has 0 radical (unpaired) electrons. The van der Waals surface area contributed by atoms with Gasteiger partial charge in [-0.25, -0.2) is 0 Å². The van der Waals surface area contributed by atoms with Gasteiger partial charge >= 0.3 is 0 Å². The summed E-state index contributed by atoms with van der Waals surface area (Å²) in [6.07, 6.45) is 14.2. The maximum absolute atomic E-state index is 2.64. The highest BCUT2D eigenvalue weighted by molar-refractivity contribution is 6.16. The van der Waals surface area contributed by atoms with Crippen LogP contribution in [0.25, 0.3) is 176 Å². The van der Waals surface area contributed by atoms with Crippen LogP contribution in [-0.4, -0.2) is 18.3 Å². The maximum Gasteiger partial charge on any atom is 0.0541 e. The third-order valence-electron chi connectivity index (χ3n) is 31.2. The van der Waals surface area contributed by atoms with E-state index in [1.165, 1.54) is 241 Å². The van der Waals surface area contributed by atoms with Gasteiger partial charge in [-0.3, -0.25) is 0 Å². The second-order valence-corrected chi connectivity index (χ2v) is 36.6. The van der Waals surface area contributed by atoms with E-state index in [2.05, 4.69) is 370 Å². The fourth-order valence-corrected chi connectivity index (χ4v) is 27.1. The molecule has 8 saturated carbocycles. The molecule has 0 N–H and O–H groups in total. The zero-order chi connectivity index (χ0) is 76.8. The van der Waals surface area contributed by atoms with Crippen molar-refractivity contribution in [2.24, 2.45) is 47.3 Å². The van der Waals surface area contributed by atoms with Gasteiger partial charge in [-0.1, -0.05) is 237 Å². The first-order valence-corrected chi connectivity index (χ1v) is 43.7. The highest BCUT2D eigenvalue weighted by Gasteiger charge is 2.63. The lowest BCUT2D eigenvalue weighted by molar-refractivity contribution is -0.0399. The minimum absolute atomic E-state index is 0.147. The molecule has 0 aliphatic heterocycles. The van der Waals surface area contributed by atoms with Crippen LogP contribution in [0.5, 0.6) is 0 Å². The van der Waals surface area contributed by atoms with E-state index < -0.39 is 0 Å². The fourth-order valence-electron chi connectivity index (χ4n) is 27.1. The SMILES string of the molecule is c1ccc(-c2ccc(-n3c4ccccc4c4cc(-c5ccc6c(c5)c5ccccc5n6-c5ccc6c(c5)C5(c7ccccc7-6)C6CC7CC(C6)CC5C7)ccc43)cc2)cc1.c1ccc2c(c1)-c1ccc(-n3c4ccccc4c4cc(-c5ccc6c(c5)c5ccccc5n6-c5cccc6ccccc56)ccc43)cc1C21C2CC3CC(C2)CC1C3. The van der Waals surface area contributed by atoms with Crippen molar-refractivity contribution >= 4 is 98.0 Å². The summed E-state index contributed by atoms with van der Waals surface area (Å²) >= 11 is 0. The predicted molar refractivity (Wildman–Crippen MR) is 491 cm³/mol. The standard InChI is InChI=1S/C58H44N2.C56H42N2/c1-2-10-38(11-3-1)39-18-22-44(23-19-39)59-54-16-8-5-13-48(54)50-33-40(20-26-56(50)59)41-21-27-57-51(34-41)49-14-6-9-17-55(49)60(57)45-24-25-47-46-12-4-7-15-52(46)58(53(47)35-45)42-29-36-28-37(31-42)32-43(58)30-36;1-2-12-42-36(10-1)11-9-19-51(42)58-53-18-8-5-15-46(53)48-32-38(21-25-55(48)58)37-20-24-54-47(31-37)45-14-4-7-17-52(45)57(54)41-22-23-44-43-13-3-6-16-49(43)56(50(44)33-41)39-27-34-26-35(29-39)30-40(56)28-34/h1-27,33-37,42-43H,28-32H2;1-25,31-35,39-40H,26-30H2. The molecule has 4 heterocycles. The van der Waals surface area contributed by atoms with Gasteiger partial charge in [0.1, 0.15) is 0 Å². The summed E-state index contributed by atoms with van der Waals surface area (Å²) < 4.78 is 9.99. The summed E-state index contributed by atoms with van der Waals surface area (Å²) in [6, 6.07) is 133. The average Bonchev–Trinajstić information content (AvgIpc) is 1.49. The number of hydrogen-bond donors (Lipinski definition) is 0. The number of aromatic nitrogens is 4. The van der Waals surface area contributed by atoms with Crippen molar-refractivity contribution in [1.82, 2.24) is 18.3 Å². The lowest BCUT2D eigenvalue weighted by Gasteiger charge is -2.61. The molecule has 0 atom stereocenters. The van der Waals surface area contributed by atoms with E-state index in [0.717, 1.165) is 47.3 Å². The van der Waals surface area contributed by atoms with Crippen molar-refractivity contribution in [1.29, 1.82) is 0 Å². The van der Waals surface area contributed by atoms with E-state index in [0.29, 0.717) is 0 Å². The molecule has 20 aromatic rings. The summed E-state index contributed by atoms with van der Waals surface area (Å²) in [7, 11) is 0. The smallest absolute Gasteiger partial charge is 0.0541 e. The van der Waals surface area contributed by atoms with Crippen molar-refractivity contribution in [2.45, 2.75) is 75.0 Å². The van der Waals surface area contributed by atoms with Gasteiger partial charge in [0.05, 0.1) is 49.8 Å². The molecule has 0 unspecified atom stereocenters. The summed E-state index contributed by atoms with van der Waals surface area (Å²) in [5.41, 5.74) is 35.1. The Morgan fingerprint density at radius 2 is 0.492 bits per heavy atom. The zero-order valence-electron chi connectivity index (χ0n) is 66.0. The Morgan fingerprint density at radius 1 is 0.186 bits per heavy atom. The Kier molecular flexibility index (Phi) is 13.9. The minimum atomic E-state index is 0.147. The molecular weight excluding hydrogens is 1430 g/mol. The third-order valence-corrected chi connectivity index (χ3v) is 31.2. The van der Waals surface area contributed by atoms with Gasteiger partial charge in [0.2, 0.25) is 0 Å². The van der Waals surface area contributed by atoms with E-state index in [1.54, 1.807) is 22.3 Å². The largest absolute Gasteiger partial charge is 0.309 e. The molecule has 4 heteroatoms. The molecule has 10 aliphatic rings. The fraction of sp³-hybridized carbons (Fsp3) is 0.175. The Morgan fingerprint density at radius 3 is 0.924 bits per heavy atom. The summed E-state index contributed by atoms with van der Waals surface area (Å²) in [4.78, 5) is 0. The molecule has 2 spiro atoms. The van der Waals surface area contributed by atoms with Crippen molar-refractivity contribution in [2.75, 3.05) is 0 Å². The van der Waals surface area contributed by atoms with Crippen LogP contribution in [0.1, 0.15) is 86.5 Å². The first kappa shape index (κ1) is 66.2. The van der Waals surface area contributed by atoms with Gasteiger partial charge in [0.15, 0.2) is 0 Å². The second kappa shape index (κ2) is 24.8. The molecule has 4 aromatic heterocycles. The van der Waals surface area contributed by atoms with E-state index in [9.17, 15) is 0 Å². The van der Waals surface area contributed by atoms with Crippen LogP contribution in [0.3, 0.4) is 0 Å². The second-order valence-electron chi connectivity index (χ2n) is 36.6.